The molecule has 4 rings (SSSR count). The molecule has 0 unspecified atom stereocenters. The van der Waals surface area contributed by atoms with E-state index in [9.17, 15) is 24.5 Å². The van der Waals surface area contributed by atoms with Crippen molar-refractivity contribution in [1.29, 1.82) is 0 Å². The number of nitrogens with zero attached hydrogens (tertiary/aromatic N) is 3. The Hall–Kier alpha value is -4.03. The van der Waals surface area contributed by atoms with Gasteiger partial charge in [-0.2, -0.15) is 0 Å². The SMILES string of the molecule is Cn1c(SCC(=O)NNC(=O)c2cccc([N+](=O)[O-])c2)nc2scc(-c3ccccc3)c2c1=O. The van der Waals surface area contributed by atoms with Crippen LogP contribution in [0.25, 0.3) is 21.3 Å². The molecule has 34 heavy (non-hydrogen) atoms. The fourth-order valence-corrected chi connectivity index (χ4v) is 4.90. The third-order valence-electron chi connectivity index (χ3n) is 4.83. The van der Waals surface area contributed by atoms with Crippen LogP contribution >= 0.6 is 23.1 Å². The highest BCUT2D eigenvalue weighted by Crippen LogP contribution is 2.31. The van der Waals surface area contributed by atoms with Crippen LogP contribution in [0.1, 0.15) is 10.4 Å². The topological polar surface area (TPSA) is 136 Å². The van der Waals surface area contributed by atoms with E-state index in [1.807, 2.05) is 35.7 Å². The summed E-state index contributed by atoms with van der Waals surface area (Å²) in [6.45, 7) is 0. The summed E-state index contributed by atoms with van der Waals surface area (Å²) in [4.78, 5) is 52.7. The Morgan fingerprint density at radius 2 is 1.91 bits per heavy atom. The molecular weight excluding hydrogens is 478 g/mol. The molecule has 12 heteroatoms. The summed E-state index contributed by atoms with van der Waals surface area (Å²) >= 11 is 2.40. The van der Waals surface area contributed by atoms with E-state index in [0.29, 0.717) is 15.4 Å². The van der Waals surface area contributed by atoms with Gasteiger partial charge in [-0.25, -0.2) is 4.98 Å². The van der Waals surface area contributed by atoms with Crippen molar-refractivity contribution >= 4 is 50.8 Å². The number of non-ortho nitro benzene ring substituents is 1. The second kappa shape index (κ2) is 9.85. The second-order valence-electron chi connectivity index (χ2n) is 7.05. The Labute approximate surface area is 200 Å². The maximum atomic E-state index is 13.0. The number of nitro benzene ring substituents is 1. The lowest BCUT2D eigenvalue weighted by Crippen LogP contribution is -2.42. The molecule has 2 aromatic carbocycles. The molecule has 0 saturated carbocycles. The Kier molecular flexibility index (Phi) is 6.70. The van der Waals surface area contributed by atoms with E-state index < -0.39 is 16.7 Å². The number of hydrogen-bond donors (Lipinski definition) is 2. The molecule has 2 amide bonds. The monoisotopic (exact) mass is 495 g/mol. The van der Waals surface area contributed by atoms with Gasteiger partial charge >= 0.3 is 0 Å². The minimum absolute atomic E-state index is 0.0311. The van der Waals surface area contributed by atoms with Gasteiger partial charge < -0.3 is 0 Å². The highest BCUT2D eigenvalue weighted by Gasteiger charge is 2.17. The van der Waals surface area contributed by atoms with E-state index in [0.717, 1.165) is 29.0 Å². The first-order chi connectivity index (χ1) is 16.3. The lowest BCUT2D eigenvalue weighted by Gasteiger charge is -2.09. The van der Waals surface area contributed by atoms with Gasteiger partial charge in [-0.05, 0) is 11.6 Å². The molecule has 4 aromatic rings. The first-order valence-electron chi connectivity index (χ1n) is 9.85. The van der Waals surface area contributed by atoms with Crippen molar-refractivity contribution in [2.24, 2.45) is 7.05 Å². The van der Waals surface area contributed by atoms with Gasteiger partial charge in [-0.1, -0.05) is 48.2 Å². The number of hydrogen-bond acceptors (Lipinski definition) is 8. The smallest absolute Gasteiger partial charge is 0.270 e. The number of nitrogens with one attached hydrogen (secondary N) is 2. The van der Waals surface area contributed by atoms with Crippen molar-refractivity contribution in [2.75, 3.05) is 5.75 Å². The quantitative estimate of drug-likeness (QED) is 0.181. The van der Waals surface area contributed by atoms with Crippen LogP contribution in [0, 0.1) is 10.1 Å². The fourth-order valence-electron chi connectivity index (χ4n) is 3.14. The average molecular weight is 496 g/mol. The van der Waals surface area contributed by atoms with Gasteiger partial charge in [-0.3, -0.25) is 39.9 Å². The second-order valence-corrected chi connectivity index (χ2v) is 8.85. The van der Waals surface area contributed by atoms with Crippen molar-refractivity contribution in [1.82, 2.24) is 20.4 Å². The molecule has 2 aromatic heterocycles. The minimum atomic E-state index is -0.693. The van der Waals surface area contributed by atoms with Gasteiger partial charge in [-0.15, -0.1) is 11.3 Å². The van der Waals surface area contributed by atoms with Crippen LogP contribution in [-0.4, -0.2) is 32.0 Å². The normalized spacial score (nSPS) is 10.7. The number of amides is 2. The van der Waals surface area contributed by atoms with Crippen molar-refractivity contribution in [2.45, 2.75) is 5.16 Å². The van der Waals surface area contributed by atoms with Crippen LogP contribution in [0.5, 0.6) is 0 Å². The molecule has 0 saturated heterocycles. The van der Waals surface area contributed by atoms with Crippen molar-refractivity contribution in [3.8, 4) is 11.1 Å². The van der Waals surface area contributed by atoms with Crippen molar-refractivity contribution < 1.29 is 14.5 Å². The van der Waals surface area contributed by atoms with Gasteiger partial charge in [0, 0.05) is 35.7 Å². The molecule has 172 valence electrons. The molecule has 0 aliphatic heterocycles. The maximum absolute atomic E-state index is 13.0. The molecule has 2 N–H and O–H groups in total. The van der Waals surface area contributed by atoms with Crippen molar-refractivity contribution in [3.63, 3.8) is 0 Å². The lowest BCUT2D eigenvalue weighted by atomic mass is 10.1. The standard InChI is InChI=1S/C22H17N5O5S2/c1-26-21(30)18-16(13-6-3-2-4-7-13)11-33-20(18)23-22(26)34-12-17(28)24-25-19(29)14-8-5-9-15(10-14)27(31)32/h2-11H,12H2,1H3,(H,24,28)(H,25,29). The van der Waals surface area contributed by atoms with Crippen LogP contribution in [0.3, 0.4) is 0 Å². The Balaban J connectivity index is 1.42. The number of hydrazine groups is 1. The number of thioether (sulfide) groups is 1. The summed E-state index contributed by atoms with van der Waals surface area (Å²) in [5.74, 6) is -1.34. The molecule has 0 radical (unpaired) electrons. The average Bonchev–Trinajstić information content (AvgIpc) is 3.28. The molecule has 0 aliphatic rings. The van der Waals surface area contributed by atoms with Gasteiger partial charge in [0.2, 0.25) is 5.91 Å². The number of aromatic nitrogens is 2. The molecular formula is C22H17N5O5S2. The Morgan fingerprint density at radius 1 is 1.15 bits per heavy atom. The molecule has 0 bridgehead atoms. The third kappa shape index (κ3) is 4.82. The van der Waals surface area contributed by atoms with E-state index in [1.165, 1.54) is 34.1 Å². The number of fused-ring (bicyclic) bond motifs is 1. The molecule has 0 fully saturated rings. The van der Waals surface area contributed by atoms with E-state index in [1.54, 1.807) is 7.05 Å². The van der Waals surface area contributed by atoms with Crippen molar-refractivity contribution in [3.05, 3.63) is 86.0 Å². The molecule has 0 aliphatic carbocycles. The molecule has 10 nitrogen and oxygen atoms in total. The van der Waals surface area contributed by atoms with E-state index >= 15 is 0 Å². The summed E-state index contributed by atoms with van der Waals surface area (Å²) in [5, 5.41) is 13.6. The van der Waals surface area contributed by atoms with Crippen LogP contribution in [0.2, 0.25) is 0 Å². The highest BCUT2D eigenvalue weighted by molar-refractivity contribution is 7.99. The first kappa shape index (κ1) is 23.1. The van der Waals surface area contributed by atoms with Gasteiger partial charge in [0.05, 0.1) is 16.1 Å². The minimum Gasteiger partial charge on any atom is -0.290 e. The van der Waals surface area contributed by atoms with Crippen LogP contribution in [0.4, 0.5) is 5.69 Å². The number of nitro groups is 1. The highest BCUT2D eigenvalue weighted by atomic mass is 32.2. The van der Waals surface area contributed by atoms with E-state index in [2.05, 4.69) is 15.8 Å². The summed E-state index contributed by atoms with van der Waals surface area (Å²) in [6, 6.07) is 14.7. The molecule has 0 atom stereocenters. The van der Waals surface area contributed by atoms with E-state index in [-0.39, 0.29) is 22.6 Å². The third-order valence-corrected chi connectivity index (χ3v) is 6.73. The molecule has 0 spiro atoms. The largest absolute Gasteiger partial charge is 0.290 e. The zero-order valence-corrected chi connectivity index (χ0v) is 19.3. The summed E-state index contributed by atoms with van der Waals surface area (Å²) in [6.07, 6.45) is 0. The van der Waals surface area contributed by atoms with Crippen LogP contribution in [0.15, 0.2) is 69.9 Å². The Bertz CT molecular complexity index is 1470. The van der Waals surface area contributed by atoms with Gasteiger partial charge in [0.1, 0.15) is 4.83 Å². The number of thiophene rings is 1. The summed E-state index contributed by atoms with van der Waals surface area (Å²) in [7, 11) is 1.59. The van der Waals surface area contributed by atoms with E-state index in [4.69, 9.17) is 0 Å². The van der Waals surface area contributed by atoms with Crippen LogP contribution < -0.4 is 16.4 Å². The van der Waals surface area contributed by atoms with Crippen LogP contribution in [-0.2, 0) is 11.8 Å². The summed E-state index contributed by atoms with van der Waals surface area (Å²) in [5.41, 5.74) is 5.79. The number of carbonyl (C=O) groups is 2. The zero-order valence-electron chi connectivity index (χ0n) is 17.7. The first-order valence-corrected chi connectivity index (χ1v) is 11.7. The number of rotatable bonds is 6. The Morgan fingerprint density at radius 3 is 2.65 bits per heavy atom. The maximum Gasteiger partial charge on any atom is 0.270 e. The number of benzene rings is 2. The predicted octanol–water partition coefficient (Wildman–Crippen LogP) is 3.12. The molecule has 2 heterocycles. The fraction of sp³-hybridized carbons (Fsp3) is 0.0909. The predicted molar refractivity (Wildman–Crippen MR) is 130 cm³/mol. The lowest BCUT2D eigenvalue weighted by molar-refractivity contribution is -0.384. The summed E-state index contributed by atoms with van der Waals surface area (Å²) < 4.78 is 1.39. The number of carbonyl (C=O) groups excluding carboxylic acids is 2. The zero-order chi connectivity index (χ0) is 24.2. The van der Waals surface area contributed by atoms with Gasteiger partial charge in [0.15, 0.2) is 5.16 Å². The van der Waals surface area contributed by atoms with Gasteiger partial charge in [0.25, 0.3) is 17.2 Å².